The molecule has 0 atom stereocenters. The van der Waals surface area contributed by atoms with Gasteiger partial charge in [0.1, 0.15) is 6.54 Å². The number of nitrogens with zero attached hydrogens (tertiary/aromatic N) is 1. The molecule has 0 saturated heterocycles. The van der Waals surface area contributed by atoms with Crippen molar-refractivity contribution in [2.24, 2.45) is 0 Å². The van der Waals surface area contributed by atoms with Crippen molar-refractivity contribution in [3.8, 4) is 0 Å². The number of hydrogen-bond acceptors (Lipinski definition) is 3. The van der Waals surface area contributed by atoms with Crippen molar-refractivity contribution in [2.75, 3.05) is 19.8 Å². The molecule has 5 nitrogen and oxygen atoms in total. The maximum Gasteiger partial charge on any atom is 0.251 e. The maximum atomic E-state index is 11.6. The molecule has 1 heterocycles. The van der Waals surface area contributed by atoms with Crippen LogP contribution in [-0.2, 0) is 16.1 Å². The summed E-state index contributed by atoms with van der Waals surface area (Å²) in [7, 11) is 0. The van der Waals surface area contributed by atoms with Gasteiger partial charge < -0.3 is 14.6 Å². The van der Waals surface area contributed by atoms with E-state index < -0.39 is 0 Å². The first kappa shape index (κ1) is 14.9. The van der Waals surface area contributed by atoms with Crippen molar-refractivity contribution in [1.82, 2.24) is 9.88 Å². The zero-order valence-electron chi connectivity index (χ0n) is 10.3. The third-order valence-electron chi connectivity index (χ3n) is 2.25. The molecule has 1 N–H and O–H groups in total. The molecule has 0 aliphatic carbocycles. The SMILES string of the molecule is CCOCCCNC(=O)Cn1cc(Br)ccc1=O. The summed E-state index contributed by atoms with van der Waals surface area (Å²) >= 11 is 3.26. The molecule has 1 rings (SSSR count). The fourth-order valence-corrected chi connectivity index (χ4v) is 1.76. The Hall–Kier alpha value is -1.14. The molecule has 0 radical (unpaired) electrons. The smallest absolute Gasteiger partial charge is 0.251 e. The predicted molar refractivity (Wildman–Crippen MR) is 72.5 cm³/mol. The molecule has 1 aromatic rings. The lowest BCUT2D eigenvalue weighted by atomic mass is 10.4. The van der Waals surface area contributed by atoms with E-state index in [1.165, 1.54) is 10.6 Å². The van der Waals surface area contributed by atoms with Gasteiger partial charge in [0, 0.05) is 36.5 Å². The standard InChI is InChI=1S/C12H17BrN2O3/c1-2-18-7-3-6-14-11(16)9-15-8-10(13)4-5-12(15)17/h4-5,8H,2-3,6-7,9H2,1H3,(H,14,16). The van der Waals surface area contributed by atoms with E-state index in [1.807, 2.05) is 6.92 Å². The number of carbonyl (C=O) groups excluding carboxylic acids is 1. The van der Waals surface area contributed by atoms with Gasteiger partial charge in [-0.1, -0.05) is 0 Å². The molecule has 0 bridgehead atoms. The molecule has 18 heavy (non-hydrogen) atoms. The van der Waals surface area contributed by atoms with E-state index in [0.717, 1.165) is 10.9 Å². The average molecular weight is 317 g/mol. The van der Waals surface area contributed by atoms with Crippen LogP contribution < -0.4 is 10.9 Å². The topological polar surface area (TPSA) is 60.3 Å². The maximum absolute atomic E-state index is 11.6. The number of nitrogens with one attached hydrogen (secondary N) is 1. The summed E-state index contributed by atoms with van der Waals surface area (Å²) in [5.41, 5.74) is -0.192. The Labute approximate surface area is 114 Å². The van der Waals surface area contributed by atoms with E-state index in [-0.39, 0.29) is 18.0 Å². The van der Waals surface area contributed by atoms with Crippen LogP contribution in [0.2, 0.25) is 0 Å². The first-order chi connectivity index (χ1) is 8.63. The third-order valence-corrected chi connectivity index (χ3v) is 2.72. The minimum absolute atomic E-state index is 0.0346. The van der Waals surface area contributed by atoms with Crippen molar-refractivity contribution >= 4 is 21.8 Å². The summed E-state index contributed by atoms with van der Waals surface area (Å²) in [4.78, 5) is 23.0. The molecule has 0 fully saturated rings. The van der Waals surface area contributed by atoms with Gasteiger partial charge in [-0.25, -0.2) is 0 Å². The Kier molecular flexibility index (Phi) is 6.67. The van der Waals surface area contributed by atoms with Crippen molar-refractivity contribution in [1.29, 1.82) is 0 Å². The van der Waals surface area contributed by atoms with E-state index in [0.29, 0.717) is 19.8 Å². The number of carbonyl (C=O) groups is 1. The molecule has 100 valence electrons. The second-order valence-electron chi connectivity index (χ2n) is 3.71. The van der Waals surface area contributed by atoms with Crippen molar-refractivity contribution in [3.05, 3.63) is 33.2 Å². The zero-order valence-corrected chi connectivity index (χ0v) is 11.9. The lowest BCUT2D eigenvalue weighted by Gasteiger charge is -2.07. The first-order valence-electron chi connectivity index (χ1n) is 5.84. The normalized spacial score (nSPS) is 10.3. The van der Waals surface area contributed by atoms with Gasteiger partial charge in [0.05, 0.1) is 0 Å². The monoisotopic (exact) mass is 316 g/mol. The highest BCUT2D eigenvalue weighted by Gasteiger charge is 2.04. The van der Waals surface area contributed by atoms with Gasteiger partial charge in [0.25, 0.3) is 5.56 Å². The van der Waals surface area contributed by atoms with Gasteiger partial charge in [-0.2, -0.15) is 0 Å². The summed E-state index contributed by atoms with van der Waals surface area (Å²) in [6, 6.07) is 3.07. The van der Waals surface area contributed by atoms with Crippen LogP contribution in [0.25, 0.3) is 0 Å². The Bertz CT molecular complexity index is 445. The quantitative estimate of drug-likeness (QED) is 0.768. The van der Waals surface area contributed by atoms with E-state index in [4.69, 9.17) is 4.74 Å². The summed E-state index contributed by atoms with van der Waals surface area (Å²) < 4.78 is 7.29. The number of amides is 1. The van der Waals surface area contributed by atoms with E-state index in [1.54, 1.807) is 12.3 Å². The second-order valence-corrected chi connectivity index (χ2v) is 4.63. The van der Waals surface area contributed by atoms with Crippen LogP contribution in [-0.4, -0.2) is 30.2 Å². The fraction of sp³-hybridized carbons (Fsp3) is 0.500. The van der Waals surface area contributed by atoms with Crippen LogP contribution in [0.3, 0.4) is 0 Å². The molecule has 1 aromatic heterocycles. The van der Waals surface area contributed by atoms with Gasteiger partial charge in [0.15, 0.2) is 0 Å². The average Bonchev–Trinajstić information content (AvgIpc) is 2.33. The summed E-state index contributed by atoms with van der Waals surface area (Å²) in [5, 5.41) is 2.74. The highest BCUT2D eigenvalue weighted by Crippen LogP contribution is 2.04. The lowest BCUT2D eigenvalue weighted by molar-refractivity contribution is -0.121. The molecular formula is C12H17BrN2O3. The number of aromatic nitrogens is 1. The van der Waals surface area contributed by atoms with Crippen LogP contribution in [0, 0.1) is 0 Å². The Balaban J connectivity index is 2.35. The van der Waals surface area contributed by atoms with Crippen molar-refractivity contribution in [3.63, 3.8) is 0 Å². The van der Waals surface area contributed by atoms with Crippen LogP contribution in [0.4, 0.5) is 0 Å². The number of pyridine rings is 1. The van der Waals surface area contributed by atoms with E-state index in [2.05, 4.69) is 21.2 Å². The van der Waals surface area contributed by atoms with E-state index in [9.17, 15) is 9.59 Å². The van der Waals surface area contributed by atoms with Gasteiger partial charge >= 0.3 is 0 Å². The fourth-order valence-electron chi connectivity index (χ4n) is 1.38. The minimum atomic E-state index is -0.192. The Morgan fingerprint density at radius 3 is 3.00 bits per heavy atom. The van der Waals surface area contributed by atoms with E-state index >= 15 is 0 Å². The molecule has 0 saturated carbocycles. The number of ether oxygens (including phenoxy) is 1. The van der Waals surface area contributed by atoms with Crippen LogP contribution in [0.15, 0.2) is 27.6 Å². The largest absolute Gasteiger partial charge is 0.382 e. The molecule has 0 aliphatic rings. The number of halogens is 1. The third kappa shape index (κ3) is 5.46. The highest BCUT2D eigenvalue weighted by atomic mass is 79.9. The number of hydrogen-bond donors (Lipinski definition) is 1. The van der Waals surface area contributed by atoms with Gasteiger partial charge in [-0.05, 0) is 35.3 Å². The highest BCUT2D eigenvalue weighted by molar-refractivity contribution is 9.10. The zero-order chi connectivity index (χ0) is 13.4. The molecular weight excluding hydrogens is 300 g/mol. The molecule has 0 spiro atoms. The number of rotatable bonds is 7. The van der Waals surface area contributed by atoms with Gasteiger partial charge in [0.2, 0.25) is 5.91 Å². The van der Waals surface area contributed by atoms with Crippen LogP contribution >= 0.6 is 15.9 Å². The molecule has 6 heteroatoms. The summed E-state index contributed by atoms with van der Waals surface area (Å²) in [5.74, 6) is -0.174. The second kappa shape index (κ2) is 8.05. The Morgan fingerprint density at radius 2 is 2.28 bits per heavy atom. The molecule has 1 amide bonds. The minimum Gasteiger partial charge on any atom is -0.382 e. The molecule has 0 aliphatic heterocycles. The summed E-state index contributed by atoms with van der Waals surface area (Å²) in [6.45, 7) is 3.84. The van der Waals surface area contributed by atoms with Crippen LogP contribution in [0.1, 0.15) is 13.3 Å². The molecule has 0 aromatic carbocycles. The first-order valence-corrected chi connectivity index (χ1v) is 6.63. The summed E-state index contributed by atoms with van der Waals surface area (Å²) in [6.07, 6.45) is 2.37. The van der Waals surface area contributed by atoms with Crippen molar-refractivity contribution < 1.29 is 9.53 Å². The van der Waals surface area contributed by atoms with Crippen molar-refractivity contribution in [2.45, 2.75) is 19.9 Å². The molecule has 0 unspecified atom stereocenters. The predicted octanol–water partition coefficient (Wildman–Crippen LogP) is 1.15. The van der Waals surface area contributed by atoms with Gasteiger partial charge in [-0.15, -0.1) is 0 Å². The Morgan fingerprint density at radius 1 is 1.50 bits per heavy atom. The lowest BCUT2D eigenvalue weighted by Crippen LogP contribution is -2.32. The van der Waals surface area contributed by atoms with Gasteiger partial charge in [-0.3, -0.25) is 9.59 Å². The van der Waals surface area contributed by atoms with Crippen LogP contribution in [0.5, 0.6) is 0 Å².